The van der Waals surface area contributed by atoms with Crippen LogP contribution in [0.5, 0.6) is 0 Å². The van der Waals surface area contributed by atoms with E-state index in [0.29, 0.717) is 5.92 Å². The van der Waals surface area contributed by atoms with Crippen LogP contribution in [0.2, 0.25) is 13.1 Å². The van der Waals surface area contributed by atoms with Gasteiger partial charge in [-0.25, -0.2) is 0 Å². The van der Waals surface area contributed by atoms with E-state index in [1.807, 2.05) is 0 Å². The summed E-state index contributed by atoms with van der Waals surface area (Å²) in [6, 6.07) is 23.6. The van der Waals surface area contributed by atoms with Crippen LogP contribution < -0.4 is 21.0 Å². The van der Waals surface area contributed by atoms with Gasteiger partial charge in [0.05, 0.1) is 16.6 Å². The number of fused-ring (bicyclic) bond motifs is 12. The largest absolute Gasteiger partial charge is 0.335 e. The summed E-state index contributed by atoms with van der Waals surface area (Å²) in [5.41, 5.74) is 20.4. The summed E-state index contributed by atoms with van der Waals surface area (Å²) < 4.78 is 2.89. The second-order valence-electron chi connectivity index (χ2n) is 24.0. The average Bonchev–Trinajstić information content (AvgIpc) is 3.70. The van der Waals surface area contributed by atoms with Gasteiger partial charge in [-0.05, 0) is 129 Å². The van der Waals surface area contributed by atoms with E-state index >= 15 is 0 Å². The maximum Gasteiger partial charge on any atom is 0.244 e. The lowest BCUT2D eigenvalue weighted by Crippen LogP contribution is -2.63. The first-order valence-electron chi connectivity index (χ1n) is 23.2. The second kappa shape index (κ2) is 11.4. The van der Waals surface area contributed by atoms with Crippen molar-refractivity contribution in [3.05, 3.63) is 93.1 Å². The van der Waals surface area contributed by atoms with E-state index in [-0.39, 0.29) is 33.9 Å². The molecule has 4 aliphatic heterocycles. The van der Waals surface area contributed by atoms with Crippen molar-refractivity contribution in [1.29, 1.82) is 0 Å². The molecular weight excluding hydrogens is 716 g/mol. The standard InChI is InChI=1S/C54H67BN2Si/c1-50(2,3)33-21-23-41-37(27-33)44-36(32-19-15-14-16-20-32)31-42-45-48(44)56(41)46-38-28-34(51(4,5)6)22-24-43(38)58(12,13)49(46)55(45)40-30-35(52(7,8)9)29-39-47(40)57(42)54(11)26-18-17-25-53(39,54)10/h21-24,27-32H,14-20,25-26H2,1-13H3. The van der Waals surface area contributed by atoms with E-state index in [0.717, 1.165) is 0 Å². The van der Waals surface area contributed by atoms with Gasteiger partial charge in [0.25, 0.3) is 0 Å². The first kappa shape index (κ1) is 37.5. The molecule has 0 N–H and O–H groups in total. The van der Waals surface area contributed by atoms with Crippen LogP contribution in [0.3, 0.4) is 0 Å². The van der Waals surface area contributed by atoms with Crippen LogP contribution in [0.25, 0.3) is 27.5 Å². The van der Waals surface area contributed by atoms with Gasteiger partial charge in [-0.2, -0.15) is 0 Å². The van der Waals surface area contributed by atoms with Crippen molar-refractivity contribution in [1.82, 2.24) is 4.57 Å². The summed E-state index contributed by atoms with van der Waals surface area (Å²) in [5, 5.41) is 6.45. The normalized spacial score (nSPS) is 24.8. The van der Waals surface area contributed by atoms with Crippen LogP contribution in [0.4, 0.5) is 11.4 Å². The molecule has 0 spiro atoms. The Bertz CT molecular complexity index is 2680. The Hall–Kier alpha value is -3.50. The third kappa shape index (κ3) is 4.57. The molecule has 1 aromatic heterocycles. The van der Waals surface area contributed by atoms with Crippen LogP contribution in [0.1, 0.15) is 173 Å². The van der Waals surface area contributed by atoms with Crippen molar-refractivity contribution >= 4 is 69.8 Å². The topological polar surface area (TPSA) is 8.17 Å². The molecule has 2 unspecified atom stereocenters. The van der Waals surface area contributed by atoms with E-state index in [4.69, 9.17) is 0 Å². The fourth-order valence-electron chi connectivity index (χ4n) is 13.6. The van der Waals surface area contributed by atoms with Gasteiger partial charge in [-0.3, -0.25) is 0 Å². The highest BCUT2D eigenvalue weighted by molar-refractivity contribution is 7.16. The Morgan fingerprint density at radius 1 is 0.707 bits per heavy atom. The summed E-state index contributed by atoms with van der Waals surface area (Å²) in [5.74, 6) is 0.594. The number of aromatic nitrogens is 1. The van der Waals surface area contributed by atoms with Gasteiger partial charge in [-0.15, -0.1) is 0 Å². The molecule has 0 saturated heterocycles. The monoisotopic (exact) mass is 783 g/mol. The lowest BCUT2D eigenvalue weighted by atomic mass is 9.36. The van der Waals surface area contributed by atoms with Crippen molar-refractivity contribution < 1.29 is 0 Å². The van der Waals surface area contributed by atoms with E-state index in [1.54, 1.807) is 60.3 Å². The first-order chi connectivity index (χ1) is 27.2. The van der Waals surface area contributed by atoms with E-state index in [2.05, 4.69) is 153 Å². The lowest BCUT2D eigenvalue weighted by molar-refractivity contribution is 0.195. The fourth-order valence-corrected chi connectivity index (χ4v) is 17.1. The van der Waals surface area contributed by atoms with Gasteiger partial charge in [0.1, 0.15) is 8.07 Å². The molecule has 6 aliphatic rings. The highest BCUT2D eigenvalue weighted by Crippen LogP contribution is 2.63. The molecule has 58 heavy (non-hydrogen) atoms. The third-order valence-electron chi connectivity index (χ3n) is 17.2. The van der Waals surface area contributed by atoms with Crippen molar-refractivity contribution in [3.8, 4) is 0 Å². The zero-order valence-corrected chi connectivity index (χ0v) is 39.1. The Morgan fingerprint density at radius 2 is 1.36 bits per heavy atom. The molecule has 0 bridgehead atoms. The molecule has 2 saturated carbocycles. The van der Waals surface area contributed by atoms with Crippen LogP contribution in [0.15, 0.2) is 59.7 Å². The number of anilines is 2. The number of hydrogen-bond donors (Lipinski definition) is 0. The molecule has 11 rings (SSSR count). The summed E-state index contributed by atoms with van der Waals surface area (Å²) in [7, 11) is -2.20. The molecule has 2 atom stereocenters. The molecule has 2 fully saturated rings. The number of benzene rings is 4. The minimum absolute atomic E-state index is 0.0237. The molecule has 0 radical (unpaired) electrons. The van der Waals surface area contributed by atoms with Gasteiger partial charge in [0, 0.05) is 33.3 Å². The van der Waals surface area contributed by atoms with Crippen molar-refractivity contribution in [2.45, 2.75) is 180 Å². The number of hydrogen-bond acceptors (Lipinski definition) is 1. The molecule has 4 heteroatoms. The quantitative estimate of drug-likeness (QED) is 0.154. The van der Waals surface area contributed by atoms with E-state index in [9.17, 15) is 0 Å². The molecule has 0 amide bonds. The van der Waals surface area contributed by atoms with Crippen LogP contribution in [0, 0.1) is 0 Å². The molecule has 5 aromatic rings. The van der Waals surface area contributed by atoms with E-state index < -0.39 is 8.07 Å². The molecule has 2 nitrogen and oxygen atoms in total. The van der Waals surface area contributed by atoms with Crippen molar-refractivity contribution in [2.75, 3.05) is 4.90 Å². The minimum atomic E-state index is -2.20. The highest BCUT2D eigenvalue weighted by Gasteiger charge is 2.63. The maximum absolute atomic E-state index is 3.02. The average molecular weight is 783 g/mol. The third-order valence-corrected chi connectivity index (χ3v) is 20.8. The van der Waals surface area contributed by atoms with Gasteiger partial charge in [-0.1, -0.05) is 150 Å². The summed E-state index contributed by atoms with van der Waals surface area (Å²) in [6.45, 7) is 32.8. The Kier molecular flexibility index (Phi) is 7.40. The molecule has 5 heterocycles. The smallest absolute Gasteiger partial charge is 0.244 e. The Labute approximate surface area is 351 Å². The minimum Gasteiger partial charge on any atom is -0.335 e. The van der Waals surface area contributed by atoms with Gasteiger partial charge in [0.15, 0.2) is 0 Å². The predicted octanol–water partition coefficient (Wildman–Crippen LogP) is 12.7. The van der Waals surface area contributed by atoms with Crippen LogP contribution in [-0.4, -0.2) is 24.9 Å². The number of rotatable bonds is 1. The SMILES string of the molecule is CC(C)(C)c1ccc2c(c1)C1=C(B3c4cc(C(C)(C)C)cc5c4N(c4cc(C6CCCCC6)c6c7cc(C(C)(C)C)ccc7n1c6c43)C1(C)CCCCC51C)[Si]2(C)C. The number of nitrogens with zero attached hydrogens (tertiary/aromatic N) is 2. The summed E-state index contributed by atoms with van der Waals surface area (Å²) in [4.78, 5) is 3.02. The zero-order chi connectivity index (χ0) is 40.9. The predicted molar refractivity (Wildman–Crippen MR) is 255 cm³/mol. The van der Waals surface area contributed by atoms with Gasteiger partial charge < -0.3 is 9.47 Å². The van der Waals surface area contributed by atoms with E-state index in [1.165, 1.54) is 90.9 Å². The van der Waals surface area contributed by atoms with Crippen molar-refractivity contribution in [3.63, 3.8) is 0 Å². The maximum atomic E-state index is 3.02. The Morgan fingerprint density at radius 3 is 2.05 bits per heavy atom. The summed E-state index contributed by atoms with van der Waals surface area (Å²) in [6.07, 6.45) is 11.8. The highest BCUT2D eigenvalue weighted by atomic mass is 28.3. The second-order valence-corrected chi connectivity index (χ2v) is 28.3. The Balaban J connectivity index is 1.38. The first-order valence-corrected chi connectivity index (χ1v) is 26.2. The lowest BCUT2D eigenvalue weighted by Gasteiger charge is -2.52. The summed E-state index contributed by atoms with van der Waals surface area (Å²) >= 11 is 0. The van der Waals surface area contributed by atoms with Crippen molar-refractivity contribution in [2.24, 2.45) is 0 Å². The molecule has 4 aromatic carbocycles. The zero-order valence-electron chi connectivity index (χ0n) is 38.1. The van der Waals surface area contributed by atoms with Gasteiger partial charge >= 0.3 is 0 Å². The molecule has 2 aliphatic carbocycles. The fraction of sp³-hybridized carbons (Fsp3) is 0.519. The molecule has 300 valence electrons. The molecular formula is C54H67BN2Si. The van der Waals surface area contributed by atoms with Crippen LogP contribution in [-0.2, 0) is 21.7 Å². The van der Waals surface area contributed by atoms with Gasteiger partial charge in [0.2, 0.25) is 6.71 Å². The van der Waals surface area contributed by atoms with Crippen LogP contribution >= 0.6 is 0 Å².